The van der Waals surface area contributed by atoms with Gasteiger partial charge < -0.3 is 4.74 Å². The average Bonchev–Trinajstić information content (AvgIpc) is 2.87. The maximum Gasteiger partial charge on any atom is 0.165 e. The van der Waals surface area contributed by atoms with Gasteiger partial charge in [0.2, 0.25) is 0 Å². The predicted octanol–water partition coefficient (Wildman–Crippen LogP) is 2.53. The highest BCUT2D eigenvalue weighted by atomic mass is 16.5. The minimum absolute atomic E-state index is 0.121. The molecule has 0 bridgehead atoms. The standard InChI is InChI=1S/C14H16N2O2/c1-3-14(17)12-8-15-16(10-12)9-11-4-6-13(18-2)7-5-11/h4-8,10H,3,9H2,1-2H3. The van der Waals surface area contributed by atoms with Crippen molar-refractivity contribution in [1.82, 2.24) is 9.78 Å². The second-order valence-corrected chi connectivity index (χ2v) is 4.05. The molecule has 1 aromatic heterocycles. The summed E-state index contributed by atoms with van der Waals surface area (Å²) in [6.07, 6.45) is 3.92. The van der Waals surface area contributed by atoms with E-state index >= 15 is 0 Å². The molecule has 1 heterocycles. The molecule has 0 spiro atoms. The van der Waals surface area contributed by atoms with Crippen LogP contribution in [0.2, 0.25) is 0 Å². The van der Waals surface area contributed by atoms with E-state index in [4.69, 9.17) is 4.74 Å². The number of Topliss-reactive ketones (excluding diaryl/α,β-unsaturated/α-hetero) is 1. The Morgan fingerprint density at radius 1 is 1.33 bits per heavy atom. The number of carbonyl (C=O) groups is 1. The van der Waals surface area contributed by atoms with Gasteiger partial charge in [-0.1, -0.05) is 19.1 Å². The van der Waals surface area contributed by atoms with E-state index in [0.29, 0.717) is 18.5 Å². The molecule has 0 fully saturated rings. The van der Waals surface area contributed by atoms with Crippen molar-refractivity contribution < 1.29 is 9.53 Å². The number of rotatable bonds is 5. The highest BCUT2D eigenvalue weighted by Crippen LogP contribution is 2.12. The molecule has 0 radical (unpaired) electrons. The summed E-state index contributed by atoms with van der Waals surface area (Å²) in [5, 5.41) is 4.19. The van der Waals surface area contributed by atoms with Crippen LogP contribution in [0.3, 0.4) is 0 Å². The Kier molecular flexibility index (Phi) is 3.77. The molecule has 0 saturated heterocycles. The number of ether oxygens (including phenoxy) is 1. The lowest BCUT2D eigenvalue weighted by atomic mass is 10.2. The van der Waals surface area contributed by atoms with Crippen LogP contribution in [0, 0.1) is 0 Å². The first-order chi connectivity index (χ1) is 8.72. The van der Waals surface area contributed by atoms with Gasteiger partial charge in [0.1, 0.15) is 5.75 Å². The van der Waals surface area contributed by atoms with Crippen molar-refractivity contribution in [2.45, 2.75) is 19.9 Å². The van der Waals surface area contributed by atoms with Crippen LogP contribution in [-0.4, -0.2) is 22.7 Å². The summed E-state index contributed by atoms with van der Waals surface area (Å²) in [4.78, 5) is 11.5. The van der Waals surface area contributed by atoms with E-state index in [9.17, 15) is 4.79 Å². The van der Waals surface area contributed by atoms with Crippen molar-refractivity contribution in [1.29, 1.82) is 0 Å². The molecule has 0 aliphatic carbocycles. The summed E-state index contributed by atoms with van der Waals surface area (Å²) in [6, 6.07) is 7.80. The Labute approximate surface area is 106 Å². The maximum absolute atomic E-state index is 11.5. The molecule has 0 atom stereocenters. The van der Waals surface area contributed by atoms with Gasteiger partial charge in [-0.05, 0) is 17.7 Å². The van der Waals surface area contributed by atoms with Gasteiger partial charge in [0.05, 0.1) is 25.4 Å². The lowest BCUT2D eigenvalue weighted by molar-refractivity contribution is 0.0988. The number of hydrogen-bond acceptors (Lipinski definition) is 3. The number of methoxy groups -OCH3 is 1. The highest BCUT2D eigenvalue weighted by Gasteiger charge is 2.06. The summed E-state index contributed by atoms with van der Waals surface area (Å²) in [7, 11) is 1.64. The summed E-state index contributed by atoms with van der Waals surface area (Å²) in [6.45, 7) is 2.50. The fourth-order valence-electron chi connectivity index (χ4n) is 1.72. The molecule has 4 nitrogen and oxygen atoms in total. The number of hydrogen-bond donors (Lipinski definition) is 0. The first-order valence-corrected chi connectivity index (χ1v) is 5.91. The largest absolute Gasteiger partial charge is 0.497 e. The fourth-order valence-corrected chi connectivity index (χ4v) is 1.72. The number of aromatic nitrogens is 2. The molecule has 2 aromatic rings. The molecule has 0 unspecified atom stereocenters. The maximum atomic E-state index is 11.5. The molecule has 2 rings (SSSR count). The third kappa shape index (κ3) is 2.77. The Hall–Kier alpha value is -2.10. The van der Waals surface area contributed by atoms with Crippen LogP contribution < -0.4 is 4.74 Å². The zero-order chi connectivity index (χ0) is 13.0. The molecular weight excluding hydrogens is 228 g/mol. The zero-order valence-electron chi connectivity index (χ0n) is 10.6. The van der Waals surface area contributed by atoms with Crippen LogP contribution in [0.1, 0.15) is 29.3 Å². The van der Waals surface area contributed by atoms with Gasteiger partial charge in [0.15, 0.2) is 5.78 Å². The molecule has 4 heteroatoms. The first-order valence-electron chi connectivity index (χ1n) is 5.91. The SMILES string of the molecule is CCC(=O)c1cnn(Cc2ccc(OC)cc2)c1. The predicted molar refractivity (Wildman–Crippen MR) is 68.9 cm³/mol. The van der Waals surface area contributed by atoms with Gasteiger partial charge in [-0.25, -0.2) is 0 Å². The Bertz CT molecular complexity index is 529. The summed E-state index contributed by atoms with van der Waals surface area (Å²) < 4.78 is 6.87. The topological polar surface area (TPSA) is 44.1 Å². The van der Waals surface area contributed by atoms with Crippen molar-refractivity contribution >= 4 is 5.78 Å². The minimum atomic E-state index is 0.121. The molecular formula is C14H16N2O2. The van der Waals surface area contributed by atoms with Gasteiger partial charge in [-0.3, -0.25) is 9.48 Å². The fraction of sp³-hybridized carbons (Fsp3) is 0.286. The Morgan fingerprint density at radius 3 is 2.67 bits per heavy atom. The molecule has 18 heavy (non-hydrogen) atoms. The number of carbonyl (C=O) groups excluding carboxylic acids is 1. The number of benzene rings is 1. The highest BCUT2D eigenvalue weighted by molar-refractivity contribution is 5.95. The van der Waals surface area contributed by atoms with Crippen molar-refractivity contribution in [2.75, 3.05) is 7.11 Å². The molecule has 0 aliphatic rings. The Balaban J connectivity index is 2.08. The summed E-state index contributed by atoms with van der Waals surface area (Å²) in [5.74, 6) is 0.956. The van der Waals surface area contributed by atoms with E-state index < -0.39 is 0 Å². The van der Waals surface area contributed by atoms with E-state index in [1.54, 1.807) is 24.2 Å². The second kappa shape index (κ2) is 5.49. The van der Waals surface area contributed by atoms with Crippen molar-refractivity contribution in [2.24, 2.45) is 0 Å². The molecule has 1 aromatic carbocycles. The minimum Gasteiger partial charge on any atom is -0.497 e. The monoisotopic (exact) mass is 244 g/mol. The van der Waals surface area contributed by atoms with E-state index in [2.05, 4.69) is 5.10 Å². The van der Waals surface area contributed by atoms with E-state index in [1.807, 2.05) is 31.2 Å². The first kappa shape index (κ1) is 12.4. The van der Waals surface area contributed by atoms with Crippen molar-refractivity contribution in [3.8, 4) is 5.75 Å². The van der Waals surface area contributed by atoms with Crippen molar-refractivity contribution in [3.63, 3.8) is 0 Å². The number of nitrogens with zero attached hydrogens (tertiary/aromatic N) is 2. The summed E-state index contributed by atoms with van der Waals surface area (Å²) in [5.41, 5.74) is 1.79. The van der Waals surface area contributed by atoms with Crippen molar-refractivity contribution in [3.05, 3.63) is 47.8 Å². The Morgan fingerprint density at radius 2 is 2.06 bits per heavy atom. The van der Waals surface area contributed by atoms with Crippen LogP contribution in [-0.2, 0) is 6.54 Å². The van der Waals surface area contributed by atoms with E-state index in [1.165, 1.54) is 0 Å². The lowest BCUT2D eigenvalue weighted by Crippen LogP contribution is -2.00. The lowest BCUT2D eigenvalue weighted by Gasteiger charge is -2.03. The summed E-state index contributed by atoms with van der Waals surface area (Å²) >= 11 is 0. The molecule has 0 aliphatic heterocycles. The zero-order valence-corrected chi connectivity index (χ0v) is 10.6. The molecule has 94 valence electrons. The van der Waals surface area contributed by atoms with Crippen LogP contribution in [0.5, 0.6) is 5.75 Å². The van der Waals surface area contributed by atoms with Gasteiger partial charge in [0.25, 0.3) is 0 Å². The molecule has 0 saturated carbocycles. The quantitative estimate of drug-likeness (QED) is 0.759. The smallest absolute Gasteiger partial charge is 0.165 e. The van der Waals surface area contributed by atoms with E-state index in [0.717, 1.165) is 11.3 Å². The third-order valence-electron chi connectivity index (χ3n) is 2.78. The van der Waals surface area contributed by atoms with Crippen LogP contribution >= 0.6 is 0 Å². The average molecular weight is 244 g/mol. The van der Waals surface area contributed by atoms with Gasteiger partial charge in [-0.2, -0.15) is 5.10 Å². The second-order valence-electron chi connectivity index (χ2n) is 4.05. The van der Waals surface area contributed by atoms with Gasteiger partial charge in [-0.15, -0.1) is 0 Å². The molecule has 0 N–H and O–H groups in total. The van der Waals surface area contributed by atoms with E-state index in [-0.39, 0.29) is 5.78 Å². The third-order valence-corrected chi connectivity index (χ3v) is 2.78. The normalized spacial score (nSPS) is 10.3. The number of ketones is 1. The van der Waals surface area contributed by atoms with Gasteiger partial charge >= 0.3 is 0 Å². The van der Waals surface area contributed by atoms with Crippen LogP contribution in [0.15, 0.2) is 36.7 Å². The van der Waals surface area contributed by atoms with Crippen LogP contribution in [0.25, 0.3) is 0 Å². The van der Waals surface area contributed by atoms with Crippen LogP contribution in [0.4, 0.5) is 0 Å². The van der Waals surface area contributed by atoms with Gasteiger partial charge in [0, 0.05) is 12.6 Å². The molecule has 0 amide bonds.